The molecule has 0 heterocycles. The SMILES string of the molecule is CCCCCCC(C)OCc1cccc(CN)c1. The van der Waals surface area contributed by atoms with Crippen molar-refractivity contribution in [2.24, 2.45) is 5.73 Å². The van der Waals surface area contributed by atoms with Crippen molar-refractivity contribution in [1.82, 2.24) is 0 Å². The Kier molecular flexibility index (Phi) is 7.70. The highest BCUT2D eigenvalue weighted by molar-refractivity contribution is 5.22. The summed E-state index contributed by atoms with van der Waals surface area (Å²) in [6.45, 7) is 5.70. The molecule has 2 heteroatoms. The van der Waals surface area contributed by atoms with Gasteiger partial charge in [0.25, 0.3) is 0 Å². The van der Waals surface area contributed by atoms with Crippen LogP contribution in [0, 0.1) is 0 Å². The van der Waals surface area contributed by atoms with Crippen LogP contribution in [0.5, 0.6) is 0 Å². The molecule has 18 heavy (non-hydrogen) atoms. The Morgan fingerprint density at radius 2 is 1.94 bits per heavy atom. The number of hydrogen-bond donors (Lipinski definition) is 1. The Bertz CT molecular complexity index is 325. The summed E-state index contributed by atoms with van der Waals surface area (Å²) in [5.41, 5.74) is 8.02. The van der Waals surface area contributed by atoms with Crippen LogP contribution in [0.15, 0.2) is 24.3 Å². The Labute approximate surface area is 112 Å². The molecule has 1 aromatic rings. The molecule has 1 atom stereocenters. The molecule has 1 aromatic carbocycles. The summed E-state index contributed by atoms with van der Waals surface area (Å²) >= 11 is 0. The van der Waals surface area contributed by atoms with Crippen LogP contribution >= 0.6 is 0 Å². The molecule has 0 aliphatic rings. The zero-order valence-corrected chi connectivity index (χ0v) is 11.8. The van der Waals surface area contributed by atoms with Gasteiger partial charge in [-0.25, -0.2) is 0 Å². The normalized spacial score (nSPS) is 12.6. The van der Waals surface area contributed by atoms with Crippen LogP contribution < -0.4 is 5.73 Å². The average Bonchev–Trinajstić information content (AvgIpc) is 2.41. The van der Waals surface area contributed by atoms with Gasteiger partial charge in [0.05, 0.1) is 12.7 Å². The van der Waals surface area contributed by atoms with Crippen molar-refractivity contribution in [3.8, 4) is 0 Å². The summed E-state index contributed by atoms with van der Waals surface area (Å²) in [6.07, 6.45) is 6.75. The molecule has 0 aromatic heterocycles. The minimum Gasteiger partial charge on any atom is -0.374 e. The third-order valence-electron chi connectivity index (χ3n) is 3.23. The highest BCUT2D eigenvalue weighted by Crippen LogP contribution is 2.11. The average molecular weight is 249 g/mol. The number of ether oxygens (including phenoxy) is 1. The van der Waals surface area contributed by atoms with Crippen molar-refractivity contribution < 1.29 is 4.74 Å². The van der Waals surface area contributed by atoms with E-state index in [0.717, 1.165) is 6.42 Å². The molecule has 0 fully saturated rings. The van der Waals surface area contributed by atoms with Crippen LogP contribution in [0.2, 0.25) is 0 Å². The minimum absolute atomic E-state index is 0.350. The van der Waals surface area contributed by atoms with Crippen molar-refractivity contribution in [3.63, 3.8) is 0 Å². The number of rotatable bonds is 9. The molecule has 0 aliphatic carbocycles. The van der Waals surface area contributed by atoms with Crippen molar-refractivity contribution in [3.05, 3.63) is 35.4 Å². The molecule has 0 radical (unpaired) electrons. The third-order valence-corrected chi connectivity index (χ3v) is 3.23. The molecule has 0 amide bonds. The monoisotopic (exact) mass is 249 g/mol. The lowest BCUT2D eigenvalue weighted by Gasteiger charge is -2.13. The molecule has 0 saturated heterocycles. The Morgan fingerprint density at radius 1 is 1.17 bits per heavy atom. The fourth-order valence-electron chi connectivity index (χ4n) is 2.03. The Morgan fingerprint density at radius 3 is 2.67 bits per heavy atom. The van der Waals surface area contributed by atoms with Gasteiger partial charge in [-0.2, -0.15) is 0 Å². The first-order valence-electron chi connectivity index (χ1n) is 7.15. The first-order valence-corrected chi connectivity index (χ1v) is 7.15. The van der Waals surface area contributed by atoms with E-state index in [0.29, 0.717) is 19.3 Å². The summed E-state index contributed by atoms with van der Waals surface area (Å²) in [7, 11) is 0. The van der Waals surface area contributed by atoms with E-state index in [1.165, 1.54) is 36.8 Å². The van der Waals surface area contributed by atoms with Crippen molar-refractivity contribution >= 4 is 0 Å². The fraction of sp³-hybridized carbons (Fsp3) is 0.625. The van der Waals surface area contributed by atoms with Crippen LogP contribution in [0.25, 0.3) is 0 Å². The molecule has 102 valence electrons. The van der Waals surface area contributed by atoms with Gasteiger partial charge in [-0.3, -0.25) is 0 Å². The van der Waals surface area contributed by atoms with Gasteiger partial charge in [-0.1, -0.05) is 56.9 Å². The van der Waals surface area contributed by atoms with Gasteiger partial charge < -0.3 is 10.5 Å². The van der Waals surface area contributed by atoms with E-state index in [2.05, 4.69) is 32.0 Å². The van der Waals surface area contributed by atoms with Gasteiger partial charge >= 0.3 is 0 Å². The zero-order valence-electron chi connectivity index (χ0n) is 11.8. The van der Waals surface area contributed by atoms with Crippen molar-refractivity contribution in [2.45, 2.75) is 65.2 Å². The van der Waals surface area contributed by atoms with Gasteiger partial charge in [0, 0.05) is 6.54 Å². The van der Waals surface area contributed by atoms with E-state index < -0.39 is 0 Å². The van der Waals surface area contributed by atoms with Crippen LogP contribution in [0.3, 0.4) is 0 Å². The molecular weight excluding hydrogens is 222 g/mol. The smallest absolute Gasteiger partial charge is 0.0720 e. The summed E-state index contributed by atoms with van der Waals surface area (Å²) in [5.74, 6) is 0. The highest BCUT2D eigenvalue weighted by Gasteiger charge is 2.03. The van der Waals surface area contributed by atoms with Crippen molar-refractivity contribution in [1.29, 1.82) is 0 Å². The van der Waals surface area contributed by atoms with E-state index in [-0.39, 0.29) is 0 Å². The number of nitrogens with two attached hydrogens (primary N) is 1. The molecule has 1 unspecified atom stereocenters. The molecule has 0 bridgehead atoms. The zero-order chi connectivity index (χ0) is 13.2. The molecule has 0 spiro atoms. The summed E-state index contributed by atoms with van der Waals surface area (Å²) in [5, 5.41) is 0. The highest BCUT2D eigenvalue weighted by atomic mass is 16.5. The second-order valence-corrected chi connectivity index (χ2v) is 5.00. The van der Waals surface area contributed by atoms with Gasteiger partial charge in [0.15, 0.2) is 0 Å². The fourth-order valence-corrected chi connectivity index (χ4v) is 2.03. The molecule has 0 aliphatic heterocycles. The topological polar surface area (TPSA) is 35.2 Å². The lowest BCUT2D eigenvalue weighted by Crippen LogP contribution is -2.08. The Hall–Kier alpha value is -0.860. The van der Waals surface area contributed by atoms with E-state index >= 15 is 0 Å². The molecule has 2 nitrogen and oxygen atoms in total. The lowest BCUT2D eigenvalue weighted by atomic mass is 10.1. The molecule has 1 rings (SSSR count). The van der Waals surface area contributed by atoms with Crippen molar-refractivity contribution in [2.75, 3.05) is 0 Å². The quantitative estimate of drug-likeness (QED) is 0.671. The summed E-state index contributed by atoms with van der Waals surface area (Å²) in [6, 6.07) is 8.33. The van der Waals surface area contributed by atoms with Gasteiger partial charge in [0.2, 0.25) is 0 Å². The second kappa shape index (κ2) is 9.12. The first kappa shape index (κ1) is 15.2. The minimum atomic E-state index is 0.350. The molecule has 0 saturated carbocycles. The second-order valence-electron chi connectivity index (χ2n) is 5.00. The molecule has 2 N–H and O–H groups in total. The summed E-state index contributed by atoms with van der Waals surface area (Å²) in [4.78, 5) is 0. The number of unbranched alkanes of at least 4 members (excludes halogenated alkanes) is 3. The largest absolute Gasteiger partial charge is 0.374 e. The first-order chi connectivity index (χ1) is 8.76. The van der Waals surface area contributed by atoms with Gasteiger partial charge in [-0.05, 0) is 24.5 Å². The van der Waals surface area contributed by atoms with Crippen LogP contribution in [-0.2, 0) is 17.9 Å². The predicted molar refractivity (Wildman–Crippen MR) is 77.3 cm³/mol. The van der Waals surface area contributed by atoms with E-state index in [1.807, 2.05) is 6.07 Å². The van der Waals surface area contributed by atoms with Crippen LogP contribution in [0.4, 0.5) is 0 Å². The van der Waals surface area contributed by atoms with E-state index in [9.17, 15) is 0 Å². The van der Waals surface area contributed by atoms with Gasteiger partial charge in [0.1, 0.15) is 0 Å². The number of hydrogen-bond acceptors (Lipinski definition) is 2. The van der Waals surface area contributed by atoms with Gasteiger partial charge in [-0.15, -0.1) is 0 Å². The Balaban J connectivity index is 2.22. The third kappa shape index (κ3) is 6.18. The molecular formula is C16H27NO. The maximum Gasteiger partial charge on any atom is 0.0720 e. The number of benzene rings is 1. The standard InChI is InChI=1S/C16H27NO/c1-3-4-5-6-8-14(2)18-13-16-10-7-9-15(11-16)12-17/h7,9-11,14H,3-6,8,12-13,17H2,1-2H3. The van der Waals surface area contributed by atoms with E-state index in [4.69, 9.17) is 10.5 Å². The lowest BCUT2D eigenvalue weighted by molar-refractivity contribution is 0.0458. The summed E-state index contributed by atoms with van der Waals surface area (Å²) < 4.78 is 5.87. The maximum atomic E-state index is 5.87. The van der Waals surface area contributed by atoms with Crippen LogP contribution in [0.1, 0.15) is 57.1 Å². The maximum absolute atomic E-state index is 5.87. The van der Waals surface area contributed by atoms with Crippen LogP contribution in [-0.4, -0.2) is 6.10 Å². The predicted octanol–water partition coefficient (Wildman–Crippen LogP) is 4.02. The van der Waals surface area contributed by atoms with E-state index in [1.54, 1.807) is 0 Å².